The lowest BCUT2D eigenvalue weighted by molar-refractivity contribution is 0.620. The van der Waals surface area contributed by atoms with Gasteiger partial charge in [-0.3, -0.25) is 0 Å². The third kappa shape index (κ3) is 3.21. The van der Waals surface area contributed by atoms with Crippen LogP contribution in [0.2, 0.25) is 0 Å². The van der Waals surface area contributed by atoms with E-state index in [1.165, 1.54) is 11.1 Å². The van der Waals surface area contributed by atoms with Gasteiger partial charge in [0.25, 0.3) is 0 Å². The van der Waals surface area contributed by atoms with E-state index in [-0.39, 0.29) is 0 Å². The van der Waals surface area contributed by atoms with E-state index in [0.29, 0.717) is 0 Å². The maximum atomic E-state index is 4.18. The van der Waals surface area contributed by atoms with Crippen LogP contribution in [-0.2, 0) is 25.9 Å². The molecule has 0 bridgehead atoms. The number of nitrogens with zero attached hydrogens (tertiary/aromatic N) is 6. The van der Waals surface area contributed by atoms with Gasteiger partial charge in [-0.2, -0.15) is 0 Å². The Hall–Kier alpha value is -2.50. The van der Waals surface area contributed by atoms with Crippen molar-refractivity contribution in [1.82, 2.24) is 30.0 Å². The molecule has 0 spiro atoms. The lowest BCUT2D eigenvalue weighted by Gasteiger charge is -2.09. The van der Waals surface area contributed by atoms with Gasteiger partial charge < -0.3 is 0 Å². The number of rotatable bonds is 6. The lowest BCUT2D eigenvalue weighted by Crippen LogP contribution is -2.07. The third-order valence-electron chi connectivity index (χ3n) is 3.68. The summed E-state index contributed by atoms with van der Waals surface area (Å²) in [5.41, 5.74) is 4.48. The minimum absolute atomic E-state index is 0.721. The molecule has 0 unspecified atom stereocenters. The minimum atomic E-state index is 0.721. The van der Waals surface area contributed by atoms with E-state index >= 15 is 0 Å². The van der Waals surface area contributed by atoms with Gasteiger partial charge in [-0.15, -0.1) is 10.2 Å². The molecule has 2 aromatic heterocycles. The van der Waals surface area contributed by atoms with Crippen molar-refractivity contribution in [2.75, 3.05) is 0 Å². The SMILES string of the molecule is CCc1cn(Cc2ccccc2Cn2cc(CC)nn2)nn1. The van der Waals surface area contributed by atoms with Gasteiger partial charge in [-0.05, 0) is 24.0 Å². The molecule has 3 rings (SSSR count). The molecule has 0 fully saturated rings. The highest BCUT2D eigenvalue weighted by molar-refractivity contribution is 5.27. The van der Waals surface area contributed by atoms with Gasteiger partial charge in [0.2, 0.25) is 0 Å². The quantitative estimate of drug-likeness (QED) is 0.699. The first-order chi connectivity index (χ1) is 10.8. The molecule has 0 atom stereocenters. The fraction of sp³-hybridized carbons (Fsp3) is 0.375. The average molecular weight is 296 g/mol. The molecule has 0 aliphatic carbocycles. The summed E-state index contributed by atoms with van der Waals surface area (Å²) in [6.45, 7) is 5.60. The summed E-state index contributed by atoms with van der Waals surface area (Å²) in [6, 6.07) is 8.35. The van der Waals surface area contributed by atoms with Crippen molar-refractivity contribution in [2.24, 2.45) is 0 Å². The Morgan fingerprint density at radius 3 is 1.59 bits per heavy atom. The van der Waals surface area contributed by atoms with Crippen LogP contribution in [0, 0.1) is 0 Å². The second-order valence-corrected chi connectivity index (χ2v) is 5.29. The van der Waals surface area contributed by atoms with Gasteiger partial charge >= 0.3 is 0 Å². The van der Waals surface area contributed by atoms with Gasteiger partial charge in [0.1, 0.15) is 0 Å². The van der Waals surface area contributed by atoms with Crippen molar-refractivity contribution in [3.8, 4) is 0 Å². The Labute approximate surface area is 129 Å². The maximum Gasteiger partial charge on any atom is 0.0824 e. The standard InChI is InChI=1S/C16H20N6/c1-3-15-11-21(19-17-15)9-13-7-5-6-8-14(13)10-22-12-16(4-2)18-20-22/h5-8,11-12H,3-4,9-10H2,1-2H3. The molecule has 0 saturated carbocycles. The summed E-state index contributed by atoms with van der Waals surface area (Å²) in [4.78, 5) is 0. The van der Waals surface area contributed by atoms with Crippen LogP contribution in [0.5, 0.6) is 0 Å². The molecule has 6 heteroatoms. The fourth-order valence-corrected chi connectivity index (χ4v) is 2.37. The first-order valence-corrected chi connectivity index (χ1v) is 7.63. The van der Waals surface area contributed by atoms with Crippen LogP contribution in [0.1, 0.15) is 36.4 Å². The molecule has 0 radical (unpaired) electrons. The largest absolute Gasteiger partial charge is 0.248 e. The van der Waals surface area contributed by atoms with Crippen LogP contribution in [-0.4, -0.2) is 30.0 Å². The van der Waals surface area contributed by atoms with Crippen molar-refractivity contribution in [3.63, 3.8) is 0 Å². The highest BCUT2D eigenvalue weighted by Gasteiger charge is 2.07. The predicted molar refractivity (Wildman–Crippen MR) is 83.4 cm³/mol. The van der Waals surface area contributed by atoms with Crippen LogP contribution in [0.15, 0.2) is 36.7 Å². The van der Waals surface area contributed by atoms with Gasteiger partial charge in [0.15, 0.2) is 0 Å². The Balaban J connectivity index is 1.79. The molecule has 2 heterocycles. The number of benzene rings is 1. The molecular formula is C16H20N6. The summed E-state index contributed by atoms with van der Waals surface area (Å²) in [6.07, 6.45) is 5.81. The third-order valence-corrected chi connectivity index (χ3v) is 3.68. The molecule has 0 N–H and O–H groups in total. The molecule has 0 aliphatic heterocycles. The van der Waals surface area contributed by atoms with E-state index in [9.17, 15) is 0 Å². The van der Waals surface area contributed by atoms with Crippen LogP contribution in [0.3, 0.4) is 0 Å². The highest BCUT2D eigenvalue weighted by atomic mass is 15.4. The number of aromatic nitrogens is 6. The Morgan fingerprint density at radius 1 is 0.773 bits per heavy atom. The van der Waals surface area contributed by atoms with Crippen LogP contribution < -0.4 is 0 Å². The average Bonchev–Trinajstić information content (AvgIpc) is 3.18. The summed E-state index contributed by atoms with van der Waals surface area (Å²) < 4.78 is 3.77. The van der Waals surface area contributed by atoms with Gasteiger partial charge in [-0.25, -0.2) is 9.36 Å². The summed E-state index contributed by atoms with van der Waals surface area (Å²) in [5.74, 6) is 0. The second-order valence-electron chi connectivity index (χ2n) is 5.29. The summed E-state index contributed by atoms with van der Waals surface area (Å²) in [7, 11) is 0. The number of aryl methyl sites for hydroxylation is 2. The van der Waals surface area contributed by atoms with Crippen molar-refractivity contribution >= 4 is 0 Å². The monoisotopic (exact) mass is 296 g/mol. The molecule has 1 aromatic carbocycles. The molecule has 0 saturated heterocycles. The predicted octanol–water partition coefficient (Wildman–Crippen LogP) is 2.09. The lowest BCUT2D eigenvalue weighted by atomic mass is 10.1. The van der Waals surface area contributed by atoms with Crippen molar-refractivity contribution < 1.29 is 0 Å². The summed E-state index contributed by atoms with van der Waals surface area (Å²) >= 11 is 0. The van der Waals surface area contributed by atoms with Crippen molar-refractivity contribution in [3.05, 3.63) is 59.2 Å². The van der Waals surface area contributed by atoms with E-state index in [0.717, 1.165) is 37.3 Å². The second kappa shape index (κ2) is 6.51. The first kappa shape index (κ1) is 14.4. The first-order valence-electron chi connectivity index (χ1n) is 7.63. The Bertz CT molecular complexity index is 679. The molecule has 3 aromatic rings. The minimum Gasteiger partial charge on any atom is -0.248 e. The Kier molecular flexibility index (Phi) is 4.27. The Morgan fingerprint density at radius 2 is 1.23 bits per heavy atom. The normalized spacial score (nSPS) is 11.0. The van der Waals surface area contributed by atoms with Crippen molar-refractivity contribution in [1.29, 1.82) is 0 Å². The number of hydrogen-bond donors (Lipinski definition) is 0. The molecule has 22 heavy (non-hydrogen) atoms. The zero-order valence-electron chi connectivity index (χ0n) is 13.0. The zero-order chi connectivity index (χ0) is 15.4. The highest BCUT2D eigenvalue weighted by Crippen LogP contribution is 2.12. The summed E-state index contributed by atoms with van der Waals surface area (Å²) in [5, 5.41) is 16.6. The maximum absolute atomic E-state index is 4.18. The van der Waals surface area contributed by atoms with E-state index in [2.05, 4.69) is 58.7 Å². The van der Waals surface area contributed by atoms with Crippen LogP contribution >= 0.6 is 0 Å². The molecule has 6 nitrogen and oxygen atoms in total. The fourth-order valence-electron chi connectivity index (χ4n) is 2.37. The van der Waals surface area contributed by atoms with Crippen LogP contribution in [0.25, 0.3) is 0 Å². The number of hydrogen-bond acceptors (Lipinski definition) is 4. The molecule has 114 valence electrons. The van der Waals surface area contributed by atoms with E-state index in [1.54, 1.807) is 0 Å². The topological polar surface area (TPSA) is 61.4 Å². The van der Waals surface area contributed by atoms with Gasteiger partial charge in [-0.1, -0.05) is 48.5 Å². The van der Waals surface area contributed by atoms with Gasteiger partial charge in [0, 0.05) is 12.4 Å². The molecule has 0 aliphatic rings. The van der Waals surface area contributed by atoms with Gasteiger partial charge in [0.05, 0.1) is 24.5 Å². The van der Waals surface area contributed by atoms with E-state index in [1.807, 2.05) is 21.8 Å². The zero-order valence-corrected chi connectivity index (χ0v) is 13.0. The van der Waals surface area contributed by atoms with Crippen LogP contribution in [0.4, 0.5) is 0 Å². The molecular weight excluding hydrogens is 276 g/mol. The van der Waals surface area contributed by atoms with E-state index < -0.39 is 0 Å². The van der Waals surface area contributed by atoms with E-state index in [4.69, 9.17) is 0 Å². The van der Waals surface area contributed by atoms with Crippen molar-refractivity contribution in [2.45, 2.75) is 39.8 Å². The smallest absolute Gasteiger partial charge is 0.0824 e. The molecule has 0 amide bonds.